The Labute approximate surface area is 120 Å². The van der Waals surface area contributed by atoms with E-state index in [1.54, 1.807) is 12.5 Å². The van der Waals surface area contributed by atoms with Crippen molar-refractivity contribution >= 4 is 5.91 Å². The Morgan fingerprint density at radius 2 is 2.25 bits per heavy atom. The first kappa shape index (κ1) is 15.1. The van der Waals surface area contributed by atoms with Crippen LogP contribution in [0.3, 0.4) is 0 Å². The zero-order valence-electron chi connectivity index (χ0n) is 12.6. The molecular weight excluding hydrogens is 254 g/mol. The van der Waals surface area contributed by atoms with Gasteiger partial charge in [-0.1, -0.05) is 20.8 Å². The second-order valence-corrected chi connectivity index (χ2v) is 6.64. The fourth-order valence-corrected chi connectivity index (χ4v) is 2.83. The summed E-state index contributed by atoms with van der Waals surface area (Å²) in [4.78, 5) is 11.9. The standard InChI is InChI=1S/C16H25NO3/c1-16(2,3)15-13(7-9-20-15)10-17-14(18)5-4-12-6-8-19-11-12/h6,8,11,13,15H,4-5,7,9-10H2,1-3H3,(H,17,18)/t13-,15+/m1/s1. The van der Waals surface area contributed by atoms with Gasteiger partial charge in [-0.05, 0) is 29.9 Å². The highest BCUT2D eigenvalue weighted by Gasteiger charge is 2.37. The minimum atomic E-state index is 0.103. The van der Waals surface area contributed by atoms with Gasteiger partial charge in [-0.15, -0.1) is 0 Å². The van der Waals surface area contributed by atoms with Crippen molar-refractivity contribution in [2.75, 3.05) is 13.2 Å². The van der Waals surface area contributed by atoms with Crippen LogP contribution in [-0.2, 0) is 16.0 Å². The molecule has 1 aromatic heterocycles. The summed E-state index contributed by atoms with van der Waals surface area (Å²) in [5.74, 6) is 0.527. The third kappa shape index (κ3) is 4.10. The van der Waals surface area contributed by atoms with E-state index in [0.29, 0.717) is 18.9 Å². The van der Waals surface area contributed by atoms with Crippen LogP contribution in [0.25, 0.3) is 0 Å². The van der Waals surface area contributed by atoms with E-state index >= 15 is 0 Å². The number of hydrogen-bond acceptors (Lipinski definition) is 3. The third-order valence-electron chi connectivity index (χ3n) is 3.85. The molecule has 0 saturated carbocycles. The molecule has 1 aromatic rings. The molecule has 1 aliphatic heterocycles. The van der Waals surface area contributed by atoms with Crippen molar-refractivity contribution in [3.63, 3.8) is 0 Å². The van der Waals surface area contributed by atoms with Crippen LogP contribution in [0.1, 0.15) is 39.2 Å². The third-order valence-corrected chi connectivity index (χ3v) is 3.85. The maximum atomic E-state index is 11.9. The summed E-state index contributed by atoms with van der Waals surface area (Å²) in [5.41, 5.74) is 1.19. The lowest BCUT2D eigenvalue weighted by atomic mass is 9.81. The number of rotatable bonds is 5. The van der Waals surface area contributed by atoms with Crippen molar-refractivity contribution in [3.8, 4) is 0 Å². The first-order valence-corrected chi connectivity index (χ1v) is 7.36. The largest absolute Gasteiger partial charge is 0.472 e. The highest BCUT2D eigenvalue weighted by Crippen LogP contribution is 2.34. The van der Waals surface area contributed by atoms with Crippen molar-refractivity contribution in [2.45, 2.75) is 46.1 Å². The zero-order valence-corrected chi connectivity index (χ0v) is 12.6. The molecular formula is C16H25NO3. The highest BCUT2D eigenvalue weighted by atomic mass is 16.5. The Balaban J connectivity index is 1.73. The molecule has 1 amide bonds. The predicted octanol–water partition coefficient (Wildman–Crippen LogP) is 2.78. The molecule has 0 bridgehead atoms. The summed E-state index contributed by atoms with van der Waals surface area (Å²) in [6, 6.07) is 1.90. The molecule has 2 atom stereocenters. The summed E-state index contributed by atoms with van der Waals surface area (Å²) in [6.45, 7) is 8.09. The Kier molecular flexibility index (Phi) is 4.86. The fourth-order valence-electron chi connectivity index (χ4n) is 2.83. The second-order valence-electron chi connectivity index (χ2n) is 6.64. The van der Waals surface area contributed by atoms with E-state index in [9.17, 15) is 4.79 Å². The maximum Gasteiger partial charge on any atom is 0.220 e. The molecule has 1 N–H and O–H groups in total. The second kappa shape index (κ2) is 6.44. The van der Waals surface area contributed by atoms with Gasteiger partial charge in [0.2, 0.25) is 5.91 Å². The number of ether oxygens (including phenoxy) is 1. The first-order valence-electron chi connectivity index (χ1n) is 7.36. The zero-order chi connectivity index (χ0) is 14.6. The van der Waals surface area contributed by atoms with E-state index in [4.69, 9.17) is 9.15 Å². The lowest BCUT2D eigenvalue weighted by Crippen LogP contribution is -2.38. The van der Waals surface area contributed by atoms with Gasteiger partial charge in [-0.3, -0.25) is 4.79 Å². The van der Waals surface area contributed by atoms with Crippen LogP contribution < -0.4 is 5.32 Å². The van der Waals surface area contributed by atoms with Gasteiger partial charge in [-0.25, -0.2) is 0 Å². The molecule has 20 heavy (non-hydrogen) atoms. The van der Waals surface area contributed by atoms with E-state index in [2.05, 4.69) is 26.1 Å². The minimum Gasteiger partial charge on any atom is -0.472 e. The molecule has 1 saturated heterocycles. The van der Waals surface area contributed by atoms with Crippen molar-refractivity contribution < 1.29 is 13.9 Å². The van der Waals surface area contributed by atoms with Crippen molar-refractivity contribution in [1.29, 1.82) is 0 Å². The van der Waals surface area contributed by atoms with Gasteiger partial charge in [0.05, 0.1) is 18.6 Å². The van der Waals surface area contributed by atoms with Crippen LogP contribution in [0, 0.1) is 11.3 Å². The van der Waals surface area contributed by atoms with E-state index < -0.39 is 0 Å². The van der Waals surface area contributed by atoms with Gasteiger partial charge in [0, 0.05) is 25.5 Å². The maximum absolute atomic E-state index is 11.9. The molecule has 0 aromatic carbocycles. The van der Waals surface area contributed by atoms with Gasteiger partial charge >= 0.3 is 0 Å². The molecule has 4 nitrogen and oxygen atoms in total. The number of carbonyl (C=O) groups is 1. The first-order chi connectivity index (χ1) is 9.47. The van der Waals surface area contributed by atoms with Gasteiger partial charge in [0.1, 0.15) is 0 Å². The van der Waals surface area contributed by atoms with Gasteiger partial charge < -0.3 is 14.5 Å². The Morgan fingerprint density at radius 3 is 2.90 bits per heavy atom. The van der Waals surface area contributed by atoms with E-state index in [1.807, 2.05) is 6.07 Å². The van der Waals surface area contributed by atoms with Crippen LogP contribution in [0.4, 0.5) is 0 Å². The quantitative estimate of drug-likeness (QED) is 0.901. The van der Waals surface area contributed by atoms with E-state index in [1.165, 1.54) is 0 Å². The summed E-state index contributed by atoms with van der Waals surface area (Å²) < 4.78 is 10.8. The van der Waals surface area contributed by atoms with Gasteiger partial charge in [0.25, 0.3) is 0 Å². The van der Waals surface area contributed by atoms with Crippen LogP contribution in [0.15, 0.2) is 23.0 Å². The molecule has 2 rings (SSSR count). The summed E-state index contributed by atoms with van der Waals surface area (Å²) in [6.07, 6.45) is 5.82. The average Bonchev–Trinajstić information content (AvgIpc) is 3.03. The Bertz CT molecular complexity index is 419. The van der Waals surface area contributed by atoms with Crippen LogP contribution in [-0.4, -0.2) is 25.2 Å². The molecule has 2 heterocycles. The monoisotopic (exact) mass is 279 g/mol. The highest BCUT2D eigenvalue weighted by molar-refractivity contribution is 5.76. The van der Waals surface area contributed by atoms with Crippen LogP contribution in [0.2, 0.25) is 0 Å². The lowest BCUT2D eigenvalue weighted by molar-refractivity contribution is -0.121. The summed E-state index contributed by atoms with van der Waals surface area (Å²) in [5, 5.41) is 3.04. The van der Waals surface area contributed by atoms with Gasteiger partial charge in [-0.2, -0.15) is 0 Å². The van der Waals surface area contributed by atoms with E-state index in [-0.39, 0.29) is 17.4 Å². The topological polar surface area (TPSA) is 51.5 Å². The number of amides is 1. The van der Waals surface area contributed by atoms with Gasteiger partial charge in [0.15, 0.2) is 0 Å². The van der Waals surface area contributed by atoms with Crippen molar-refractivity contribution in [3.05, 3.63) is 24.2 Å². The molecule has 1 aliphatic rings. The number of carbonyl (C=O) groups excluding carboxylic acids is 1. The number of aryl methyl sites for hydroxylation is 1. The molecule has 0 radical (unpaired) electrons. The lowest BCUT2D eigenvalue weighted by Gasteiger charge is -2.31. The SMILES string of the molecule is CC(C)(C)[C@H]1OCC[C@@H]1CNC(=O)CCc1ccoc1. The Hall–Kier alpha value is -1.29. The van der Waals surface area contributed by atoms with Crippen molar-refractivity contribution in [2.24, 2.45) is 11.3 Å². The Morgan fingerprint density at radius 1 is 1.45 bits per heavy atom. The van der Waals surface area contributed by atoms with Crippen molar-refractivity contribution in [1.82, 2.24) is 5.32 Å². The molecule has 112 valence electrons. The molecule has 0 unspecified atom stereocenters. The molecule has 0 spiro atoms. The van der Waals surface area contributed by atoms with E-state index in [0.717, 1.165) is 25.0 Å². The fraction of sp³-hybridized carbons (Fsp3) is 0.688. The molecule has 4 heteroatoms. The number of furan rings is 1. The van der Waals surface area contributed by atoms with Crippen LogP contribution in [0.5, 0.6) is 0 Å². The minimum absolute atomic E-state index is 0.103. The normalized spacial score (nSPS) is 22.9. The molecule has 0 aliphatic carbocycles. The molecule has 1 fully saturated rings. The number of nitrogens with one attached hydrogen (secondary N) is 1. The summed E-state index contributed by atoms with van der Waals surface area (Å²) >= 11 is 0. The predicted molar refractivity (Wildman–Crippen MR) is 77.3 cm³/mol. The smallest absolute Gasteiger partial charge is 0.220 e. The number of hydrogen-bond donors (Lipinski definition) is 1. The summed E-state index contributed by atoms with van der Waals surface area (Å²) in [7, 11) is 0. The average molecular weight is 279 g/mol. The van der Waals surface area contributed by atoms with Crippen LogP contribution >= 0.6 is 0 Å².